The molecule has 1 N–H and O–H groups in total. The second-order valence-electron chi connectivity index (χ2n) is 6.40. The summed E-state index contributed by atoms with van der Waals surface area (Å²) >= 11 is 0. The number of hydrogen-bond donors (Lipinski definition) is 1. The van der Waals surface area contributed by atoms with E-state index in [4.69, 9.17) is 0 Å². The van der Waals surface area contributed by atoms with Crippen LogP contribution in [0, 0.1) is 18.2 Å². The summed E-state index contributed by atoms with van der Waals surface area (Å²) in [5.74, 6) is -0.117. The maximum Gasteiger partial charge on any atom is 0.128 e. The molecular formula is C16H24FN. The molecule has 1 aromatic rings. The van der Waals surface area contributed by atoms with E-state index < -0.39 is 0 Å². The summed E-state index contributed by atoms with van der Waals surface area (Å²) in [6.07, 6.45) is 6.19. The van der Waals surface area contributed by atoms with Gasteiger partial charge in [0.2, 0.25) is 0 Å². The zero-order valence-corrected chi connectivity index (χ0v) is 11.7. The van der Waals surface area contributed by atoms with Crippen molar-refractivity contribution in [2.24, 2.45) is 5.41 Å². The first-order valence-electron chi connectivity index (χ1n) is 6.99. The fraction of sp³-hybridized carbons (Fsp3) is 0.625. The van der Waals surface area contributed by atoms with Crippen molar-refractivity contribution >= 4 is 5.69 Å². The van der Waals surface area contributed by atoms with E-state index in [9.17, 15) is 4.39 Å². The lowest BCUT2D eigenvalue weighted by molar-refractivity contribution is 0.313. The second-order valence-corrected chi connectivity index (χ2v) is 6.40. The molecule has 2 heteroatoms. The Morgan fingerprint density at radius 3 is 2.72 bits per heavy atom. The van der Waals surface area contributed by atoms with Crippen molar-refractivity contribution in [3.63, 3.8) is 0 Å². The Morgan fingerprint density at radius 2 is 2.00 bits per heavy atom. The molecule has 0 radical (unpaired) electrons. The van der Waals surface area contributed by atoms with Crippen LogP contribution in [-0.2, 0) is 0 Å². The first-order valence-corrected chi connectivity index (χ1v) is 6.99. The minimum absolute atomic E-state index is 0.117. The highest BCUT2D eigenvalue weighted by molar-refractivity contribution is 5.46. The van der Waals surface area contributed by atoms with Crippen molar-refractivity contribution in [1.82, 2.24) is 0 Å². The Morgan fingerprint density at radius 1 is 1.22 bits per heavy atom. The lowest BCUT2D eigenvalue weighted by atomic mass is 9.85. The molecule has 0 aliphatic heterocycles. The number of hydrogen-bond acceptors (Lipinski definition) is 1. The van der Waals surface area contributed by atoms with Crippen molar-refractivity contribution in [2.75, 3.05) is 5.32 Å². The second kappa shape index (κ2) is 5.29. The van der Waals surface area contributed by atoms with Gasteiger partial charge in [0.05, 0.1) is 0 Å². The topological polar surface area (TPSA) is 12.0 Å². The molecular weight excluding hydrogens is 225 g/mol. The van der Waals surface area contributed by atoms with Crippen LogP contribution in [0.15, 0.2) is 18.2 Å². The summed E-state index contributed by atoms with van der Waals surface area (Å²) in [5, 5.41) is 3.49. The van der Waals surface area contributed by atoms with Crippen LogP contribution in [0.2, 0.25) is 0 Å². The molecule has 0 amide bonds. The van der Waals surface area contributed by atoms with Gasteiger partial charge in [-0.05, 0) is 55.7 Å². The van der Waals surface area contributed by atoms with Crippen LogP contribution in [0.5, 0.6) is 0 Å². The van der Waals surface area contributed by atoms with Gasteiger partial charge in [-0.3, -0.25) is 0 Å². The molecule has 1 aliphatic rings. The monoisotopic (exact) mass is 249 g/mol. The molecule has 2 rings (SSSR count). The smallest absolute Gasteiger partial charge is 0.128 e. The van der Waals surface area contributed by atoms with Gasteiger partial charge in [-0.25, -0.2) is 4.39 Å². The highest BCUT2D eigenvalue weighted by Crippen LogP contribution is 2.34. The van der Waals surface area contributed by atoms with E-state index in [1.165, 1.54) is 32.1 Å². The Bertz CT molecular complexity index is 412. The standard InChI is InChI=1S/C16H24FN/c1-12-6-7-14(11-15(12)17)18-13-5-4-9-16(2,3)10-8-13/h6-7,11,13,18H,4-5,8-10H2,1-3H3. The van der Waals surface area contributed by atoms with Crippen LogP contribution < -0.4 is 5.32 Å². The third-order valence-electron chi connectivity index (χ3n) is 4.12. The van der Waals surface area contributed by atoms with Gasteiger partial charge in [-0.15, -0.1) is 0 Å². The van der Waals surface area contributed by atoms with Crippen molar-refractivity contribution in [2.45, 2.75) is 58.9 Å². The van der Waals surface area contributed by atoms with Crippen LogP contribution in [0.1, 0.15) is 51.5 Å². The van der Waals surface area contributed by atoms with Gasteiger partial charge in [-0.1, -0.05) is 26.3 Å². The van der Waals surface area contributed by atoms with Crippen molar-refractivity contribution in [3.05, 3.63) is 29.6 Å². The predicted molar refractivity (Wildman–Crippen MR) is 75.4 cm³/mol. The molecule has 0 heterocycles. The van der Waals surface area contributed by atoms with Crippen LogP contribution in [0.25, 0.3) is 0 Å². The molecule has 0 saturated heterocycles. The average Bonchev–Trinajstić information content (AvgIpc) is 2.46. The van der Waals surface area contributed by atoms with Crippen molar-refractivity contribution < 1.29 is 4.39 Å². The third-order valence-corrected chi connectivity index (χ3v) is 4.12. The number of benzene rings is 1. The zero-order chi connectivity index (χ0) is 13.2. The van der Waals surface area contributed by atoms with Crippen LogP contribution in [0.4, 0.5) is 10.1 Å². The van der Waals surface area contributed by atoms with E-state index in [0.29, 0.717) is 17.0 Å². The molecule has 1 fully saturated rings. The normalized spacial score (nSPS) is 23.4. The van der Waals surface area contributed by atoms with Gasteiger partial charge in [0.1, 0.15) is 5.82 Å². The van der Waals surface area contributed by atoms with Crippen LogP contribution in [0.3, 0.4) is 0 Å². The number of anilines is 1. The molecule has 0 aromatic heterocycles. The SMILES string of the molecule is Cc1ccc(NC2CCCC(C)(C)CC2)cc1F. The van der Waals surface area contributed by atoms with Crippen LogP contribution >= 0.6 is 0 Å². The van der Waals surface area contributed by atoms with E-state index in [1.807, 2.05) is 12.1 Å². The Labute approximate surface area is 110 Å². The minimum Gasteiger partial charge on any atom is -0.382 e. The first-order chi connectivity index (χ1) is 8.46. The van der Waals surface area contributed by atoms with Gasteiger partial charge in [0, 0.05) is 11.7 Å². The maximum atomic E-state index is 13.5. The van der Waals surface area contributed by atoms with E-state index in [2.05, 4.69) is 19.2 Å². The fourth-order valence-corrected chi connectivity index (χ4v) is 2.72. The first kappa shape index (κ1) is 13.4. The highest BCUT2D eigenvalue weighted by Gasteiger charge is 2.24. The Balaban J connectivity index is 1.98. The van der Waals surface area contributed by atoms with Gasteiger partial charge in [-0.2, -0.15) is 0 Å². The van der Waals surface area contributed by atoms with Crippen molar-refractivity contribution in [1.29, 1.82) is 0 Å². The van der Waals surface area contributed by atoms with Gasteiger partial charge in [0.15, 0.2) is 0 Å². The zero-order valence-electron chi connectivity index (χ0n) is 11.7. The number of nitrogens with one attached hydrogen (secondary N) is 1. The molecule has 0 spiro atoms. The number of halogens is 1. The lowest BCUT2D eigenvalue weighted by Gasteiger charge is -2.22. The Hall–Kier alpha value is -1.05. The van der Waals surface area contributed by atoms with E-state index in [-0.39, 0.29) is 5.82 Å². The highest BCUT2D eigenvalue weighted by atomic mass is 19.1. The number of rotatable bonds is 2. The summed E-state index contributed by atoms with van der Waals surface area (Å²) in [6.45, 7) is 6.50. The summed E-state index contributed by atoms with van der Waals surface area (Å²) in [7, 11) is 0. The van der Waals surface area contributed by atoms with E-state index >= 15 is 0 Å². The van der Waals surface area contributed by atoms with Crippen molar-refractivity contribution in [3.8, 4) is 0 Å². The molecule has 1 atom stereocenters. The van der Waals surface area contributed by atoms with E-state index in [1.54, 1.807) is 13.0 Å². The van der Waals surface area contributed by atoms with Gasteiger partial charge < -0.3 is 5.32 Å². The number of aryl methyl sites for hydroxylation is 1. The lowest BCUT2D eigenvalue weighted by Crippen LogP contribution is -2.19. The third kappa shape index (κ3) is 3.47. The Kier molecular flexibility index (Phi) is 3.94. The molecule has 18 heavy (non-hydrogen) atoms. The minimum atomic E-state index is -0.117. The summed E-state index contributed by atoms with van der Waals surface area (Å²) in [6, 6.07) is 5.94. The molecule has 0 bridgehead atoms. The van der Waals surface area contributed by atoms with Crippen LogP contribution in [-0.4, -0.2) is 6.04 Å². The molecule has 1 aromatic carbocycles. The predicted octanol–water partition coefficient (Wildman–Crippen LogP) is 4.90. The quantitative estimate of drug-likeness (QED) is 0.735. The molecule has 1 nitrogen and oxygen atoms in total. The largest absolute Gasteiger partial charge is 0.382 e. The van der Waals surface area contributed by atoms with Gasteiger partial charge >= 0.3 is 0 Å². The summed E-state index contributed by atoms with van der Waals surface area (Å²) < 4.78 is 13.5. The average molecular weight is 249 g/mol. The summed E-state index contributed by atoms with van der Waals surface area (Å²) in [5.41, 5.74) is 2.10. The fourth-order valence-electron chi connectivity index (χ4n) is 2.72. The molecule has 100 valence electrons. The van der Waals surface area contributed by atoms with Gasteiger partial charge in [0.25, 0.3) is 0 Å². The summed E-state index contributed by atoms with van der Waals surface area (Å²) in [4.78, 5) is 0. The molecule has 1 unspecified atom stereocenters. The molecule has 1 saturated carbocycles. The maximum absolute atomic E-state index is 13.5. The molecule has 1 aliphatic carbocycles. The van der Waals surface area contributed by atoms with E-state index in [0.717, 1.165) is 5.69 Å².